The Morgan fingerprint density at radius 3 is 2.84 bits per heavy atom. The summed E-state index contributed by atoms with van der Waals surface area (Å²) in [5.41, 5.74) is 9.05. The van der Waals surface area contributed by atoms with Gasteiger partial charge in [-0.15, -0.1) is 0 Å². The van der Waals surface area contributed by atoms with Crippen LogP contribution in [0, 0.1) is 5.82 Å². The van der Waals surface area contributed by atoms with Crippen LogP contribution in [0.15, 0.2) is 24.3 Å². The Labute approximate surface area is 111 Å². The van der Waals surface area contributed by atoms with Gasteiger partial charge < -0.3 is 5.73 Å². The number of nitrogens with zero attached hydrogens (tertiary/aromatic N) is 2. The van der Waals surface area contributed by atoms with E-state index in [1.54, 1.807) is 6.07 Å². The SMILES string of the molecule is Nc1nc(Cc2cccc(F)c2)nc2c1CCCC2. The number of nitrogen functional groups attached to an aromatic ring is 1. The van der Waals surface area contributed by atoms with E-state index in [0.29, 0.717) is 18.1 Å². The van der Waals surface area contributed by atoms with Crippen molar-refractivity contribution in [2.45, 2.75) is 32.1 Å². The van der Waals surface area contributed by atoms with Crippen molar-refractivity contribution in [1.29, 1.82) is 0 Å². The van der Waals surface area contributed by atoms with Crippen LogP contribution in [-0.4, -0.2) is 9.97 Å². The number of rotatable bonds is 2. The zero-order chi connectivity index (χ0) is 13.2. The maximum absolute atomic E-state index is 13.2. The summed E-state index contributed by atoms with van der Waals surface area (Å²) in [7, 11) is 0. The van der Waals surface area contributed by atoms with Gasteiger partial charge in [-0.25, -0.2) is 14.4 Å². The zero-order valence-corrected chi connectivity index (χ0v) is 10.7. The van der Waals surface area contributed by atoms with Crippen LogP contribution in [0.5, 0.6) is 0 Å². The van der Waals surface area contributed by atoms with Crippen molar-refractivity contribution < 1.29 is 4.39 Å². The molecular weight excluding hydrogens is 241 g/mol. The highest BCUT2D eigenvalue weighted by Gasteiger charge is 2.16. The zero-order valence-electron chi connectivity index (χ0n) is 10.7. The number of nitrogens with two attached hydrogens (primary N) is 1. The molecule has 98 valence electrons. The molecule has 19 heavy (non-hydrogen) atoms. The van der Waals surface area contributed by atoms with Gasteiger partial charge in [0, 0.05) is 17.7 Å². The average molecular weight is 257 g/mol. The average Bonchev–Trinajstić information content (AvgIpc) is 2.39. The van der Waals surface area contributed by atoms with Gasteiger partial charge in [-0.1, -0.05) is 12.1 Å². The third-order valence-electron chi connectivity index (χ3n) is 3.51. The minimum Gasteiger partial charge on any atom is -0.383 e. The van der Waals surface area contributed by atoms with Gasteiger partial charge in [0.25, 0.3) is 0 Å². The predicted octanol–water partition coefficient (Wildman–Crippen LogP) is 2.67. The molecule has 1 heterocycles. The highest BCUT2D eigenvalue weighted by molar-refractivity contribution is 5.44. The van der Waals surface area contributed by atoms with Crippen LogP contribution in [0.3, 0.4) is 0 Å². The fraction of sp³-hybridized carbons (Fsp3) is 0.333. The van der Waals surface area contributed by atoms with Crippen molar-refractivity contribution in [1.82, 2.24) is 9.97 Å². The van der Waals surface area contributed by atoms with Crippen molar-refractivity contribution in [3.8, 4) is 0 Å². The molecule has 1 aliphatic rings. The highest BCUT2D eigenvalue weighted by Crippen LogP contribution is 2.24. The van der Waals surface area contributed by atoms with Crippen molar-refractivity contribution in [2.75, 3.05) is 5.73 Å². The van der Waals surface area contributed by atoms with E-state index < -0.39 is 0 Å². The lowest BCUT2D eigenvalue weighted by Crippen LogP contribution is -2.13. The Morgan fingerprint density at radius 2 is 2.00 bits per heavy atom. The minimum atomic E-state index is -0.233. The van der Waals surface area contributed by atoms with E-state index in [1.807, 2.05) is 6.07 Å². The summed E-state index contributed by atoms with van der Waals surface area (Å²) < 4.78 is 13.2. The van der Waals surface area contributed by atoms with Gasteiger partial charge in [0.1, 0.15) is 17.5 Å². The molecule has 0 bridgehead atoms. The van der Waals surface area contributed by atoms with Crippen molar-refractivity contribution in [3.05, 3.63) is 52.7 Å². The van der Waals surface area contributed by atoms with Gasteiger partial charge in [-0.05, 0) is 43.4 Å². The molecule has 1 aromatic heterocycles. The second-order valence-electron chi connectivity index (χ2n) is 4.96. The van der Waals surface area contributed by atoms with Gasteiger partial charge >= 0.3 is 0 Å². The maximum Gasteiger partial charge on any atom is 0.135 e. The molecule has 1 aromatic carbocycles. The molecule has 2 aromatic rings. The molecule has 0 aliphatic heterocycles. The summed E-state index contributed by atoms with van der Waals surface area (Å²) in [6.45, 7) is 0. The van der Waals surface area contributed by atoms with Crippen LogP contribution in [0.4, 0.5) is 10.2 Å². The molecule has 0 saturated heterocycles. The third kappa shape index (κ3) is 2.57. The normalized spacial score (nSPS) is 14.2. The molecule has 3 nitrogen and oxygen atoms in total. The van der Waals surface area contributed by atoms with E-state index in [4.69, 9.17) is 5.73 Å². The Balaban J connectivity index is 1.91. The van der Waals surface area contributed by atoms with Gasteiger partial charge in [-0.2, -0.15) is 0 Å². The lowest BCUT2D eigenvalue weighted by Gasteiger charge is -2.17. The molecule has 0 spiro atoms. The fourth-order valence-corrected chi connectivity index (χ4v) is 2.58. The summed E-state index contributed by atoms with van der Waals surface area (Å²) >= 11 is 0. The number of halogens is 1. The molecule has 0 fully saturated rings. The Hall–Kier alpha value is -1.97. The van der Waals surface area contributed by atoms with E-state index in [2.05, 4.69) is 9.97 Å². The Kier molecular flexibility index (Phi) is 3.15. The Bertz CT molecular complexity index is 610. The lowest BCUT2D eigenvalue weighted by molar-refractivity contribution is 0.625. The highest BCUT2D eigenvalue weighted by atomic mass is 19.1. The molecule has 0 amide bonds. The molecule has 0 atom stereocenters. The third-order valence-corrected chi connectivity index (χ3v) is 3.51. The quantitative estimate of drug-likeness (QED) is 0.899. The smallest absolute Gasteiger partial charge is 0.135 e. The van der Waals surface area contributed by atoms with E-state index in [-0.39, 0.29) is 5.82 Å². The number of aromatic nitrogens is 2. The molecule has 2 N–H and O–H groups in total. The topological polar surface area (TPSA) is 51.8 Å². The van der Waals surface area contributed by atoms with Crippen LogP contribution in [-0.2, 0) is 19.3 Å². The van der Waals surface area contributed by atoms with Crippen LogP contribution in [0.1, 0.15) is 35.5 Å². The summed E-state index contributed by atoms with van der Waals surface area (Å²) in [5, 5.41) is 0. The first-order valence-corrected chi connectivity index (χ1v) is 6.61. The lowest BCUT2D eigenvalue weighted by atomic mass is 9.96. The number of fused-ring (bicyclic) bond motifs is 1. The molecular formula is C15H16FN3. The van der Waals surface area contributed by atoms with E-state index in [0.717, 1.165) is 42.5 Å². The van der Waals surface area contributed by atoms with E-state index in [1.165, 1.54) is 12.1 Å². The van der Waals surface area contributed by atoms with Gasteiger partial charge in [0.2, 0.25) is 0 Å². The van der Waals surface area contributed by atoms with Crippen molar-refractivity contribution >= 4 is 5.82 Å². The van der Waals surface area contributed by atoms with E-state index in [9.17, 15) is 4.39 Å². The largest absolute Gasteiger partial charge is 0.383 e. The second-order valence-corrected chi connectivity index (χ2v) is 4.96. The summed E-state index contributed by atoms with van der Waals surface area (Å²) in [5.74, 6) is 1.04. The predicted molar refractivity (Wildman–Crippen MR) is 72.3 cm³/mol. The molecule has 0 saturated carbocycles. The van der Waals surface area contributed by atoms with Crippen LogP contribution < -0.4 is 5.73 Å². The fourth-order valence-electron chi connectivity index (χ4n) is 2.58. The van der Waals surface area contributed by atoms with Gasteiger partial charge in [-0.3, -0.25) is 0 Å². The first-order chi connectivity index (χ1) is 9.22. The number of hydrogen-bond acceptors (Lipinski definition) is 3. The van der Waals surface area contributed by atoms with Gasteiger partial charge in [0.05, 0.1) is 0 Å². The molecule has 4 heteroatoms. The van der Waals surface area contributed by atoms with Crippen LogP contribution in [0.2, 0.25) is 0 Å². The molecule has 3 rings (SSSR count). The Morgan fingerprint density at radius 1 is 1.16 bits per heavy atom. The van der Waals surface area contributed by atoms with E-state index >= 15 is 0 Å². The van der Waals surface area contributed by atoms with Crippen molar-refractivity contribution in [2.24, 2.45) is 0 Å². The monoisotopic (exact) mass is 257 g/mol. The minimum absolute atomic E-state index is 0.233. The molecule has 0 radical (unpaired) electrons. The number of aryl methyl sites for hydroxylation is 1. The number of anilines is 1. The number of hydrogen-bond donors (Lipinski definition) is 1. The number of benzene rings is 1. The summed E-state index contributed by atoms with van der Waals surface area (Å²) in [6, 6.07) is 6.53. The van der Waals surface area contributed by atoms with Gasteiger partial charge in [0.15, 0.2) is 0 Å². The molecule has 0 unspecified atom stereocenters. The van der Waals surface area contributed by atoms with Crippen LogP contribution >= 0.6 is 0 Å². The van der Waals surface area contributed by atoms with Crippen LogP contribution in [0.25, 0.3) is 0 Å². The van der Waals surface area contributed by atoms with Crippen molar-refractivity contribution in [3.63, 3.8) is 0 Å². The standard InChI is InChI=1S/C15H16FN3/c16-11-5-3-4-10(8-11)9-14-18-13-7-2-1-6-12(13)15(17)19-14/h3-5,8H,1-2,6-7,9H2,(H2,17,18,19). The second kappa shape index (κ2) is 4.96. The maximum atomic E-state index is 13.2. The first-order valence-electron chi connectivity index (χ1n) is 6.61. The molecule has 1 aliphatic carbocycles. The first kappa shape index (κ1) is 12.1. The summed E-state index contributed by atoms with van der Waals surface area (Å²) in [4.78, 5) is 8.94. The summed E-state index contributed by atoms with van der Waals surface area (Å²) in [6.07, 6.45) is 4.78.